The Hall–Kier alpha value is -2.03. The summed E-state index contributed by atoms with van der Waals surface area (Å²) in [4.78, 5) is 26.8. The monoisotopic (exact) mass is 403 g/mol. The van der Waals surface area contributed by atoms with Gasteiger partial charge in [-0.05, 0) is 44.3 Å². The number of fused-ring (bicyclic) bond motifs is 2. The van der Waals surface area contributed by atoms with E-state index < -0.39 is 0 Å². The van der Waals surface area contributed by atoms with Crippen LogP contribution in [0.4, 0.5) is 10.1 Å². The maximum atomic E-state index is 15.1. The van der Waals surface area contributed by atoms with E-state index in [2.05, 4.69) is 8.94 Å². The van der Waals surface area contributed by atoms with Gasteiger partial charge in [0.25, 0.3) is 5.56 Å². The SMILES string of the molecule is CC(C)(N)C1CC[NH+](c2cc3c(cc2F)c(=O)c2c(=O)[nH]sc2n3C2CC2)C1. The molecule has 1 aliphatic carbocycles. The highest BCUT2D eigenvalue weighted by atomic mass is 32.1. The van der Waals surface area contributed by atoms with Crippen LogP contribution in [-0.2, 0) is 0 Å². The second-order valence-electron chi connectivity index (χ2n) is 8.86. The van der Waals surface area contributed by atoms with Crippen LogP contribution in [-0.4, -0.2) is 27.6 Å². The van der Waals surface area contributed by atoms with E-state index in [1.165, 1.54) is 17.6 Å². The number of nitrogens with two attached hydrogens (primary N) is 1. The van der Waals surface area contributed by atoms with E-state index in [4.69, 9.17) is 5.73 Å². The molecule has 2 unspecified atom stereocenters. The summed E-state index contributed by atoms with van der Waals surface area (Å²) in [6.45, 7) is 5.64. The van der Waals surface area contributed by atoms with Crippen molar-refractivity contribution in [3.63, 3.8) is 0 Å². The Bertz CT molecular complexity index is 1220. The largest absolute Gasteiger partial charge is 0.327 e. The highest BCUT2D eigenvalue weighted by Crippen LogP contribution is 2.40. The fourth-order valence-corrected chi connectivity index (χ4v) is 5.47. The highest BCUT2D eigenvalue weighted by molar-refractivity contribution is 7.12. The van der Waals surface area contributed by atoms with Crippen LogP contribution in [0.2, 0.25) is 0 Å². The smallest absolute Gasteiger partial charge is 0.271 e. The zero-order valence-corrected chi connectivity index (χ0v) is 16.8. The van der Waals surface area contributed by atoms with Crippen LogP contribution >= 0.6 is 11.5 Å². The molecule has 0 amide bonds. The fourth-order valence-electron chi connectivity index (χ4n) is 4.55. The normalized spacial score (nSPS) is 23.1. The van der Waals surface area contributed by atoms with Gasteiger partial charge in [0.2, 0.25) is 5.43 Å². The van der Waals surface area contributed by atoms with Crippen LogP contribution in [0.15, 0.2) is 21.7 Å². The molecule has 5 rings (SSSR count). The average molecular weight is 404 g/mol. The van der Waals surface area contributed by atoms with E-state index in [1.54, 1.807) is 0 Å². The predicted octanol–water partition coefficient (Wildman–Crippen LogP) is 1.65. The number of pyridine rings is 1. The van der Waals surface area contributed by atoms with Gasteiger partial charge in [-0.15, -0.1) is 0 Å². The summed E-state index contributed by atoms with van der Waals surface area (Å²) in [5, 5.41) is 0.439. The first-order chi connectivity index (χ1) is 13.3. The molecule has 28 heavy (non-hydrogen) atoms. The van der Waals surface area contributed by atoms with Gasteiger partial charge in [0, 0.05) is 35.4 Å². The van der Waals surface area contributed by atoms with Gasteiger partial charge in [-0.25, -0.2) is 4.39 Å². The molecule has 2 fully saturated rings. The Labute approximate surface area is 164 Å². The molecule has 0 radical (unpaired) electrons. The van der Waals surface area contributed by atoms with Crippen LogP contribution in [0.1, 0.15) is 39.2 Å². The molecule has 1 saturated heterocycles. The zero-order chi connectivity index (χ0) is 19.8. The third-order valence-electron chi connectivity index (χ3n) is 6.35. The molecule has 8 heteroatoms. The first kappa shape index (κ1) is 18.0. The summed E-state index contributed by atoms with van der Waals surface area (Å²) in [5.74, 6) is -0.0657. The molecule has 6 nitrogen and oxygen atoms in total. The summed E-state index contributed by atoms with van der Waals surface area (Å²) < 4.78 is 19.8. The quantitative estimate of drug-likeness (QED) is 0.622. The van der Waals surface area contributed by atoms with Gasteiger partial charge in [-0.1, -0.05) is 0 Å². The minimum absolute atomic E-state index is 0.148. The van der Waals surface area contributed by atoms with E-state index in [-0.39, 0.29) is 33.8 Å². The summed E-state index contributed by atoms with van der Waals surface area (Å²) in [6.07, 6.45) is 2.96. The number of halogens is 1. The lowest BCUT2D eigenvalue weighted by atomic mass is 9.88. The van der Waals surface area contributed by atoms with Gasteiger partial charge in [0.05, 0.1) is 18.6 Å². The van der Waals surface area contributed by atoms with Crippen molar-refractivity contribution in [3.05, 3.63) is 38.5 Å². The van der Waals surface area contributed by atoms with Crippen molar-refractivity contribution in [2.45, 2.75) is 44.7 Å². The Morgan fingerprint density at radius 2 is 2.04 bits per heavy atom. The number of H-pyrrole nitrogens is 1. The van der Waals surface area contributed by atoms with E-state index in [0.29, 0.717) is 21.8 Å². The second-order valence-corrected chi connectivity index (χ2v) is 9.65. The van der Waals surface area contributed by atoms with Crippen molar-refractivity contribution < 1.29 is 9.29 Å². The number of hydrogen-bond donors (Lipinski definition) is 3. The number of hydrogen-bond acceptors (Lipinski definition) is 4. The van der Waals surface area contributed by atoms with Crippen molar-refractivity contribution in [3.8, 4) is 0 Å². The molecule has 2 aliphatic rings. The van der Waals surface area contributed by atoms with Gasteiger partial charge < -0.3 is 10.3 Å². The summed E-state index contributed by atoms with van der Waals surface area (Å²) >= 11 is 1.19. The molecule has 1 aromatic carbocycles. The average Bonchev–Trinajstić information content (AvgIpc) is 3.19. The maximum absolute atomic E-state index is 15.1. The number of aromatic nitrogens is 2. The van der Waals surface area contributed by atoms with Crippen molar-refractivity contribution >= 4 is 38.3 Å². The lowest BCUT2D eigenvalue weighted by Crippen LogP contribution is -3.05. The zero-order valence-electron chi connectivity index (χ0n) is 16.0. The second kappa shape index (κ2) is 5.98. The van der Waals surface area contributed by atoms with Gasteiger partial charge in [-0.2, -0.15) is 0 Å². The Kier molecular flexibility index (Phi) is 3.85. The summed E-state index contributed by atoms with van der Waals surface area (Å²) in [7, 11) is 0. The number of nitrogens with one attached hydrogen (secondary N) is 2. The van der Waals surface area contributed by atoms with Crippen LogP contribution in [0.25, 0.3) is 21.1 Å². The summed E-state index contributed by atoms with van der Waals surface area (Å²) in [5.41, 5.74) is 6.54. The van der Waals surface area contributed by atoms with E-state index in [9.17, 15) is 9.59 Å². The minimum Gasteiger partial charge on any atom is -0.327 e. The molecule has 2 aromatic heterocycles. The standard InChI is InChI=1S/C20H23FN4O2S/c1-20(2,22)10-5-6-24(9-10)15-8-14-12(7-13(15)21)17(26)16-18(27)23-28-19(16)25(14)11-3-4-11/h7-8,10-11H,3-6,9,22H2,1-2H3,(H,23,27)/p+1. The lowest BCUT2D eigenvalue weighted by Gasteiger charge is -2.25. The van der Waals surface area contributed by atoms with Gasteiger partial charge >= 0.3 is 0 Å². The third kappa shape index (κ3) is 2.66. The highest BCUT2D eigenvalue weighted by Gasteiger charge is 2.38. The molecule has 3 heterocycles. The number of nitrogens with zero attached hydrogens (tertiary/aromatic N) is 1. The number of aromatic amines is 1. The predicted molar refractivity (Wildman–Crippen MR) is 109 cm³/mol. The van der Waals surface area contributed by atoms with Crippen LogP contribution < -0.4 is 21.6 Å². The summed E-state index contributed by atoms with van der Waals surface area (Å²) in [6, 6.07) is 3.42. The Morgan fingerprint density at radius 3 is 2.68 bits per heavy atom. The molecular formula is C20H24FN4O2S+. The van der Waals surface area contributed by atoms with Gasteiger partial charge in [0.15, 0.2) is 11.5 Å². The molecule has 0 bridgehead atoms. The van der Waals surface area contributed by atoms with Crippen molar-refractivity contribution in [1.82, 2.24) is 8.94 Å². The van der Waals surface area contributed by atoms with Crippen molar-refractivity contribution in [2.75, 3.05) is 13.1 Å². The molecule has 2 atom stereocenters. The van der Waals surface area contributed by atoms with Gasteiger partial charge in [-0.3, -0.25) is 18.9 Å². The van der Waals surface area contributed by atoms with E-state index in [0.717, 1.165) is 42.8 Å². The molecule has 1 saturated carbocycles. The minimum atomic E-state index is -0.386. The van der Waals surface area contributed by atoms with Crippen LogP contribution in [0.5, 0.6) is 0 Å². The van der Waals surface area contributed by atoms with Crippen LogP contribution in [0.3, 0.4) is 0 Å². The molecule has 0 spiro atoms. The van der Waals surface area contributed by atoms with Crippen LogP contribution in [0, 0.1) is 11.7 Å². The van der Waals surface area contributed by atoms with Crippen molar-refractivity contribution in [2.24, 2.45) is 11.7 Å². The molecular weight excluding hydrogens is 379 g/mol. The Morgan fingerprint density at radius 1 is 1.29 bits per heavy atom. The molecule has 148 valence electrons. The van der Waals surface area contributed by atoms with Crippen molar-refractivity contribution in [1.29, 1.82) is 0 Å². The molecule has 1 aliphatic heterocycles. The number of rotatable bonds is 3. The number of benzene rings is 1. The maximum Gasteiger partial charge on any atom is 0.271 e. The topological polar surface area (TPSA) is 85.3 Å². The first-order valence-corrected chi connectivity index (χ1v) is 10.6. The van der Waals surface area contributed by atoms with Gasteiger partial charge in [0.1, 0.15) is 10.2 Å². The number of quaternary nitrogens is 1. The lowest BCUT2D eigenvalue weighted by molar-refractivity contribution is -0.821. The molecule has 3 aromatic rings. The third-order valence-corrected chi connectivity index (χ3v) is 7.23. The molecule has 4 N–H and O–H groups in total. The Balaban J connectivity index is 1.73. The van der Waals surface area contributed by atoms with E-state index >= 15 is 4.39 Å². The van der Waals surface area contributed by atoms with E-state index in [1.807, 2.05) is 19.9 Å². The fraction of sp³-hybridized carbons (Fsp3) is 0.500. The first-order valence-electron chi connectivity index (χ1n) is 9.78.